The fraction of sp³-hybridized carbons (Fsp3) is 0.897. The highest BCUT2D eigenvalue weighted by Gasteiger charge is 2.45. The van der Waals surface area contributed by atoms with Crippen molar-refractivity contribution in [3.63, 3.8) is 0 Å². The Balaban J connectivity index is 4.98. The summed E-state index contributed by atoms with van der Waals surface area (Å²) in [5, 5.41) is 0. The van der Waals surface area contributed by atoms with E-state index in [4.69, 9.17) is 14.2 Å². The van der Waals surface area contributed by atoms with E-state index >= 15 is 0 Å². The third-order valence-electron chi connectivity index (χ3n) is 6.22. The second-order valence-corrected chi connectivity index (χ2v) is 11.1. The molecule has 1 unspecified atom stereocenters. The maximum atomic E-state index is 12.7. The molecule has 0 heterocycles. The number of rotatable bonds is 28. The van der Waals surface area contributed by atoms with Crippen LogP contribution in [0.3, 0.4) is 0 Å². The average molecular weight is 516 g/mol. The number of carbonyl (C=O) groups is 1. The van der Waals surface area contributed by atoms with Crippen molar-refractivity contribution < 1.29 is 23.6 Å². The fourth-order valence-corrected chi connectivity index (χ4v) is 4.93. The molecular formula is C29H56O5P+. The van der Waals surface area contributed by atoms with Crippen LogP contribution >= 0.6 is 7.80 Å². The number of allylic oxidation sites excluding steroid dienone is 1. The summed E-state index contributed by atoms with van der Waals surface area (Å²) in [6.07, 6.45) is 21.7. The molecule has 0 aliphatic carbocycles. The van der Waals surface area contributed by atoms with Crippen molar-refractivity contribution in [2.45, 2.75) is 142 Å². The molecule has 0 aliphatic rings. The number of carbonyl (C=O) groups excluding carboxylic acids is 1. The molecule has 0 fully saturated rings. The maximum Gasteiger partial charge on any atom is 0.428 e. The summed E-state index contributed by atoms with van der Waals surface area (Å²) in [6.45, 7) is 11.6. The molecule has 0 aromatic heterocycles. The maximum absolute atomic E-state index is 12.7. The number of hydrogen-bond acceptors (Lipinski definition) is 5. The highest BCUT2D eigenvalue weighted by molar-refractivity contribution is 7.64. The Labute approximate surface area is 217 Å². The number of unbranched alkanes of at least 4 members (excludes halogenated alkanes) is 15. The van der Waals surface area contributed by atoms with E-state index in [1.54, 1.807) is 0 Å². The first kappa shape index (κ1) is 34.4. The normalized spacial score (nSPS) is 12.1. The minimum Gasteiger partial charge on any atom is -0.324 e. The van der Waals surface area contributed by atoms with Crippen LogP contribution in [-0.2, 0) is 23.6 Å². The van der Waals surface area contributed by atoms with Gasteiger partial charge in [-0.1, -0.05) is 128 Å². The molecule has 0 saturated carbocycles. The van der Waals surface area contributed by atoms with Crippen molar-refractivity contribution in [3.8, 4) is 0 Å². The van der Waals surface area contributed by atoms with Crippen LogP contribution < -0.4 is 0 Å². The van der Waals surface area contributed by atoms with Gasteiger partial charge in [-0.25, -0.2) is 4.79 Å². The summed E-state index contributed by atoms with van der Waals surface area (Å²) in [6, 6.07) is 0. The molecule has 0 saturated heterocycles. The lowest BCUT2D eigenvalue weighted by Gasteiger charge is -2.30. The highest BCUT2D eigenvalue weighted by Crippen LogP contribution is 2.33. The van der Waals surface area contributed by atoms with Gasteiger partial charge in [0.2, 0.25) is 6.16 Å². The summed E-state index contributed by atoms with van der Waals surface area (Å²) in [7, 11) is -2.21. The molecular weight excluding hydrogens is 459 g/mol. The second kappa shape index (κ2) is 25.1. The van der Waals surface area contributed by atoms with Crippen LogP contribution in [0, 0.1) is 0 Å². The van der Waals surface area contributed by atoms with E-state index < -0.39 is 19.3 Å². The third-order valence-corrected chi connectivity index (χ3v) is 7.57. The molecule has 0 N–H and O–H groups in total. The topological polar surface area (TPSA) is 61.8 Å². The quantitative estimate of drug-likeness (QED) is 0.0449. The monoisotopic (exact) mass is 515 g/mol. The standard InChI is InChI=1S/C29H56O5P/c1-5-9-12-15-18-21-24-32-29(27-35(31)28(30)8-4,33-25-22-19-16-13-10-6-2)34-26-23-20-17-14-11-7-3/h8H,4-7,9-27H2,1-3H3/q+1. The molecule has 0 bridgehead atoms. The number of ether oxygens (including phenoxy) is 3. The van der Waals surface area contributed by atoms with Gasteiger partial charge in [0.1, 0.15) is 0 Å². The first-order valence-corrected chi connectivity index (χ1v) is 16.0. The Morgan fingerprint density at radius 3 is 1.26 bits per heavy atom. The third kappa shape index (κ3) is 20.2. The van der Waals surface area contributed by atoms with Crippen LogP contribution in [0.25, 0.3) is 0 Å². The minimum atomic E-state index is -2.21. The van der Waals surface area contributed by atoms with Crippen molar-refractivity contribution in [2.75, 3.05) is 26.0 Å². The SMILES string of the molecule is C=CC(=O)[P+](=O)CC(OCCCCCCCC)(OCCCCCCCC)OCCCCCCCC. The van der Waals surface area contributed by atoms with Crippen LogP contribution in [-0.4, -0.2) is 37.5 Å². The van der Waals surface area contributed by atoms with Crippen molar-refractivity contribution in [1.29, 1.82) is 0 Å². The molecule has 6 heteroatoms. The van der Waals surface area contributed by atoms with E-state index in [1.807, 2.05) is 0 Å². The van der Waals surface area contributed by atoms with E-state index in [0.29, 0.717) is 19.8 Å². The molecule has 0 aromatic carbocycles. The summed E-state index contributed by atoms with van der Waals surface area (Å²) in [5.41, 5.74) is -0.473. The molecule has 0 radical (unpaired) electrons. The summed E-state index contributed by atoms with van der Waals surface area (Å²) >= 11 is 0. The Morgan fingerprint density at radius 1 is 0.629 bits per heavy atom. The van der Waals surface area contributed by atoms with Gasteiger partial charge < -0.3 is 14.2 Å². The Hall–Kier alpha value is -0.610. The second-order valence-electron chi connectivity index (χ2n) is 9.61. The van der Waals surface area contributed by atoms with Gasteiger partial charge in [-0.15, -0.1) is 0 Å². The van der Waals surface area contributed by atoms with E-state index in [0.717, 1.165) is 44.6 Å². The summed E-state index contributed by atoms with van der Waals surface area (Å²) < 4.78 is 31.2. The predicted molar refractivity (Wildman–Crippen MR) is 148 cm³/mol. The highest BCUT2D eigenvalue weighted by atomic mass is 31.1. The molecule has 0 spiro atoms. The van der Waals surface area contributed by atoms with Gasteiger partial charge in [0.25, 0.3) is 0 Å². The van der Waals surface area contributed by atoms with Crippen molar-refractivity contribution in [2.24, 2.45) is 0 Å². The van der Waals surface area contributed by atoms with Crippen molar-refractivity contribution in [3.05, 3.63) is 12.7 Å². The van der Waals surface area contributed by atoms with Crippen LogP contribution in [0.15, 0.2) is 12.7 Å². The minimum absolute atomic E-state index is 0.0747. The van der Waals surface area contributed by atoms with Crippen molar-refractivity contribution >= 4 is 13.3 Å². The van der Waals surface area contributed by atoms with E-state index in [9.17, 15) is 9.36 Å². The molecule has 206 valence electrons. The molecule has 5 nitrogen and oxygen atoms in total. The van der Waals surface area contributed by atoms with Gasteiger partial charge >= 0.3 is 19.3 Å². The zero-order chi connectivity index (χ0) is 26.0. The first-order valence-electron chi connectivity index (χ1n) is 14.6. The largest absolute Gasteiger partial charge is 0.428 e. The Bertz CT molecular complexity index is 478. The summed E-state index contributed by atoms with van der Waals surface area (Å²) in [4.78, 5) is 12.1. The Kier molecular flexibility index (Phi) is 24.6. The fourth-order valence-electron chi connectivity index (χ4n) is 3.95. The zero-order valence-electron chi connectivity index (χ0n) is 23.3. The smallest absolute Gasteiger partial charge is 0.324 e. The lowest BCUT2D eigenvalue weighted by molar-refractivity contribution is -0.367. The average Bonchev–Trinajstić information content (AvgIpc) is 2.86. The lowest BCUT2D eigenvalue weighted by atomic mass is 10.1. The predicted octanol–water partition coefficient (Wildman–Crippen LogP) is 9.31. The van der Waals surface area contributed by atoms with Gasteiger partial charge in [-0.2, -0.15) is 0 Å². The molecule has 35 heavy (non-hydrogen) atoms. The molecule has 0 aliphatic heterocycles. The lowest BCUT2D eigenvalue weighted by Crippen LogP contribution is -2.43. The van der Waals surface area contributed by atoms with Gasteiger partial charge in [0.05, 0.1) is 19.8 Å². The first-order chi connectivity index (χ1) is 17.0. The van der Waals surface area contributed by atoms with Gasteiger partial charge in [-0.3, -0.25) is 0 Å². The van der Waals surface area contributed by atoms with Crippen LogP contribution in [0.5, 0.6) is 0 Å². The van der Waals surface area contributed by atoms with Crippen molar-refractivity contribution in [1.82, 2.24) is 0 Å². The molecule has 1 atom stereocenters. The van der Waals surface area contributed by atoms with E-state index in [1.165, 1.54) is 77.0 Å². The van der Waals surface area contributed by atoms with Crippen LogP contribution in [0.2, 0.25) is 0 Å². The van der Waals surface area contributed by atoms with Gasteiger partial charge in [-0.05, 0) is 19.3 Å². The zero-order valence-corrected chi connectivity index (χ0v) is 24.2. The van der Waals surface area contributed by atoms with Crippen LogP contribution in [0.4, 0.5) is 0 Å². The molecule has 0 amide bonds. The van der Waals surface area contributed by atoms with E-state index in [-0.39, 0.29) is 6.16 Å². The van der Waals surface area contributed by atoms with Gasteiger partial charge in [0.15, 0.2) is 0 Å². The molecule has 0 aromatic rings. The van der Waals surface area contributed by atoms with Crippen LogP contribution in [0.1, 0.15) is 136 Å². The Morgan fingerprint density at radius 2 is 0.943 bits per heavy atom. The molecule has 0 rings (SSSR count). The summed E-state index contributed by atoms with van der Waals surface area (Å²) in [5.74, 6) is -1.41. The van der Waals surface area contributed by atoms with Gasteiger partial charge in [0, 0.05) is 6.08 Å². The van der Waals surface area contributed by atoms with E-state index in [2.05, 4.69) is 27.4 Å². The number of hydrogen-bond donors (Lipinski definition) is 0.